The predicted molar refractivity (Wildman–Crippen MR) is 61.6 cm³/mol. The summed E-state index contributed by atoms with van der Waals surface area (Å²) in [5.41, 5.74) is 6.46. The van der Waals surface area contributed by atoms with Crippen molar-refractivity contribution in [3.05, 3.63) is 35.4 Å². The molecule has 94 valence electrons. The molecule has 4 heteroatoms. The smallest absolute Gasteiger partial charge is 0.129 e. The molecule has 0 aromatic heterocycles. The van der Waals surface area contributed by atoms with E-state index in [4.69, 9.17) is 10.5 Å². The lowest BCUT2D eigenvalue weighted by Crippen LogP contribution is -2.26. The fourth-order valence-electron chi connectivity index (χ4n) is 2.25. The zero-order valence-electron chi connectivity index (χ0n) is 9.66. The van der Waals surface area contributed by atoms with Crippen LogP contribution < -0.4 is 5.73 Å². The van der Waals surface area contributed by atoms with E-state index in [1.807, 2.05) is 0 Å². The van der Waals surface area contributed by atoms with Crippen LogP contribution in [-0.4, -0.2) is 19.3 Å². The molecule has 2 N–H and O–H groups in total. The normalized spacial score (nSPS) is 21.7. The Morgan fingerprint density at radius 3 is 2.88 bits per heavy atom. The topological polar surface area (TPSA) is 35.2 Å². The molecule has 1 aromatic carbocycles. The summed E-state index contributed by atoms with van der Waals surface area (Å²) in [5.74, 6) is -0.583. The molecule has 0 saturated carbocycles. The molecule has 1 heterocycles. The molecule has 0 aliphatic carbocycles. The molecule has 0 bridgehead atoms. The predicted octanol–water partition coefficient (Wildman–Crippen LogP) is 2.26. The number of hydrogen-bond donors (Lipinski definition) is 1. The van der Waals surface area contributed by atoms with Crippen LogP contribution in [0.15, 0.2) is 18.2 Å². The van der Waals surface area contributed by atoms with E-state index in [2.05, 4.69) is 0 Å². The van der Waals surface area contributed by atoms with Gasteiger partial charge in [-0.05, 0) is 36.8 Å². The van der Waals surface area contributed by atoms with E-state index in [1.54, 1.807) is 0 Å². The summed E-state index contributed by atoms with van der Waals surface area (Å²) in [6.07, 6.45) is 2.30. The second-order valence-corrected chi connectivity index (χ2v) is 4.67. The second kappa shape index (κ2) is 5.56. The molecule has 1 saturated heterocycles. The van der Waals surface area contributed by atoms with Crippen molar-refractivity contribution in [1.29, 1.82) is 0 Å². The maximum Gasteiger partial charge on any atom is 0.129 e. The van der Waals surface area contributed by atoms with Gasteiger partial charge in [-0.3, -0.25) is 0 Å². The molecular formula is C13H17F2NO. The third kappa shape index (κ3) is 3.48. The zero-order valence-corrected chi connectivity index (χ0v) is 9.66. The van der Waals surface area contributed by atoms with Gasteiger partial charge in [0.2, 0.25) is 0 Å². The Morgan fingerprint density at radius 2 is 2.24 bits per heavy atom. The van der Waals surface area contributed by atoms with Crippen molar-refractivity contribution in [2.75, 3.05) is 13.2 Å². The highest BCUT2D eigenvalue weighted by molar-refractivity contribution is 5.19. The molecular weight excluding hydrogens is 224 g/mol. The monoisotopic (exact) mass is 241 g/mol. The van der Waals surface area contributed by atoms with Crippen LogP contribution in [0.25, 0.3) is 0 Å². The van der Waals surface area contributed by atoms with Gasteiger partial charge in [-0.2, -0.15) is 0 Å². The van der Waals surface area contributed by atoms with E-state index in [9.17, 15) is 8.78 Å². The van der Waals surface area contributed by atoms with Crippen LogP contribution >= 0.6 is 0 Å². The van der Waals surface area contributed by atoms with E-state index in [1.165, 1.54) is 12.1 Å². The fraction of sp³-hybridized carbons (Fsp3) is 0.538. The highest BCUT2D eigenvalue weighted by Crippen LogP contribution is 2.20. The molecule has 2 atom stereocenters. The van der Waals surface area contributed by atoms with Crippen molar-refractivity contribution in [2.45, 2.75) is 25.3 Å². The Bertz CT molecular complexity index is 378. The molecule has 0 radical (unpaired) electrons. The lowest BCUT2D eigenvalue weighted by Gasteiger charge is -2.15. The Kier molecular flexibility index (Phi) is 4.07. The lowest BCUT2D eigenvalue weighted by molar-refractivity contribution is 0.182. The van der Waals surface area contributed by atoms with Gasteiger partial charge >= 0.3 is 0 Å². The number of nitrogens with two attached hydrogens (primary N) is 1. The third-order valence-electron chi connectivity index (χ3n) is 3.16. The summed E-state index contributed by atoms with van der Waals surface area (Å²) in [5, 5.41) is 0. The van der Waals surface area contributed by atoms with Crippen LogP contribution in [0.4, 0.5) is 8.78 Å². The summed E-state index contributed by atoms with van der Waals surface area (Å²) in [6, 6.07) is 3.54. The molecule has 0 amide bonds. The Balaban J connectivity index is 1.90. The highest BCUT2D eigenvalue weighted by atomic mass is 19.1. The van der Waals surface area contributed by atoms with E-state index >= 15 is 0 Å². The van der Waals surface area contributed by atoms with Crippen molar-refractivity contribution in [1.82, 2.24) is 0 Å². The van der Waals surface area contributed by atoms with Gasteiger partial charge in [-0.25, -0.2) is 8.78 Å². The van der Waals surface area contributed by atoms with E-state index in [-0.39, 0.29) is 6.04 Å². The van der Waals surface area contributed by atoms with Gasteiger partial charge in [-0.15, -0.1) is 0 Å². The summed E-state index contributed by atoms with van der Waals surface area (Å²) in [4.78, 5) is 0. The van der Waals surface area contributed by atoms with Crippen molar-refractivity contribution in [2.24, 2.45) is 11.7 Å². The SMILES string of the molecule is NC(Cc1ccc(F)cc1F)CC1CCOC1. The first kappa shape index (κ1) is 12.5. The first-order chi connectivity index (χ1) is 8.15. The minimum absolute atomic E-state index is 0.0957. The van der Waals surface area contributed by atoms with Gasteiger partial charge in [0.05, 0.1) is 0 Å². The van der Waals surface area contributed by atoms with Crippen LogP contribution in [0.3, 0.4) is 0 Å². The summed E-state index contributed by atoms with van der Waals surface area (Å²) in [6.45, 7) is 1.54. The van der Waals surface area contributed by atoms with Gasteiger partial charge in [0.1, 0.15) is 11.6 Å². The molecule has 1 aliphatic rings. The molecule has 2 unspecified atom stereocenters. The minimum Gasteiger partial charge on any atom is -0.381 e. The van der Waals surface area contributed by atoms with Crippen molar-refractivity contribution >= 4 is 0 Å². The summed E-state index contributed by atoms with van der Waals surface area (Å²) >= 11 is 0. The van der Waals surface area contributed by atoms with Gasteiger partial charge in [0.15, 0.2) is 0 Å². The van der Waals surface area contributed by atoms with E-state index in [0.29, 0.717) is 17.9 Å². The maximum absolute atomic E-state index is 13.4. The lowest BCUT2D eigenvalue weighted by atomic mass is 9.95. The van der Waals surface area contributed by atoms with Crippen LogP contribution in [-0.2, 0) is 11.2 Å². The van der Waals surface area contributed by atoms with Gasteiger partial charge < -0.3 is 10.5 Å². The number of ether oxygens (including phenoxy) is 1. The zero-order chi connectivity index (χ0) is 12.3. The fourth-order valence-corrected chi connectivity index (χ4v) is 2.25. The molecule has 1 aromatic rings. The van der Waals surface area contributed by atoms with Crippen molar-refractivity contribution < 1.29 is 13.5 Å². The summed E-state index contributed by atoms with van der Waals surface area (Å²) < 4.78 is 31.4. The minimum atomic E-state index is -0.552. The highest BCUT2D eigenvalue weighted by Gasteiger charge is 2.19. The molecule has 17 heavy (non-hydrogen) atoms. The molecule has 2 nitrogen and oxygen atoms in total. The molecule has 1 fully saturated rings. The third-order valence-corrected chi connectivity index (χ3v) is 3.16. The second-order valence-electron chi connectivity index (χ2n) is 4.67. The average molecular weight is 241 g/mol. The van der Waals surface area contributed by atoms with Crippen LogP contribution in [0.2, 0.25) is 0 Å². The molecule has 2 rings (SSSR count). The Labute approximate surface area is 99.8 Å². The van der Waals surface area contributed by atoms with Gasteiger partial charge in [0.25, 0.3) is 0 Å². The number of benzene rings is 1. The first-order valence-electron chi connectivity index (χ1n) is 5.92. The number of hydrogen-bond acceptors (Lipinski definition) is 2. The number of halogens is 2. The van der Waals surface area contributed by atoms with Crippen LogP contribution in [0.5, 0.6) is 0 Å². The van der Waals surface area contributed by atoms with Crippen molar-refractivity contribution in [3.8, 4) is 0 Å². The van der Waals surface area contributed by atoms with Crippen LogP contribution in [0, 0.1) is 17.6 Å². The first-order valence-corrected chi connectivity index (χ1v) is 5.92. The summed E-state index contributed by atoms with van der Waals surface area (Å²) in [7, 11) is 0. The van der Waals surface area contributed by atoms with Gasteiger partial charge in [-0.1, -0.05) is 6.07 Å². The molecule has 1 aliphatic heterocycles. The molecule has 0 spiro atoms. The Hall–Kier alpha value is -1.00. The number of rotatable bonds is 4. The quantitative estimate of drug-likeness (QED) is 0.877. The van der Waals surface area contributed by atoms with Crippen molar-refractivity contribution in [3.63, 3.8) is 0 Å². The standard InChI is InChI=1S/C13H17F2NO/c14-11-2-1-10(13(15)7-11)6-12(16)5-9-3-4-17-8-9/h1-2,7,9,12H,3-6,8,16H2. The maximum atomic E-state index is 13.4. The Morgan fingerprint density at radius 1 is 1.41 bits per heavy atom. The largest absolute Gasteiger partial charge is 0.381 e. The van der Waals surface area contributed by atoms with Gasteiger partial charge in [0, 0.05) is 25.3 Å². The average Bonchev–Trinajstić information content (AvgIpc) is 2.75. The van der Waals surface area contributed by atoms with Crippen LogP contribution in [0.1, 0.15) is 18.4 Å². The van der Waals surface area contributed by atoms with E-state index < -0.39 is 11.6 Å². The van der Waals surface area contributed by atoms with E-state index in [0.717, 1.165) is 32.1 Å².